The smallest absolute Gasteiger partial charge is 0.306 e. The summed E-state index contributed by atoms with van der Waals surface area (Å²) in [5.41, 5.74) is 0. The number of unbranched alkanes of at least 4 members (excludes halogenated alkanes) is 21. The second kappa shape index (κ2) is 56.7. The molecule has 0 aliphatic heterocycles. The molecule has 0 radical (unpaired) electrons. The van der Waals surface area contributed by atoms with Crippen molar-refractivity contribution in [1.82, 2.24) is 0 Å². The van der Waals surface area contributed by atoms with E-state index in [0.29, 0.717) is 19.3 Å². The molecular formula is C63H104O6. The van der Waals surface area contributed by atoms with E-state index in [0.717, 1.165) is 103 Å². The van der Waals surface area contributed by atoms with Crippen LogP contribution in [0.3, 0.4) is 0 Å². The Morgan fingerprint density at radius 1 is 0.304 bits per heavy atom. The van der Waals surface area contributed by atoms with Gasteiger partial charge in [0.1, 0.15) is 13.2 Å². The summed E-state index contributed by atoms with van der Waals surface area (Å²) < 4.78 is 16.8. The van der Waals surface area contributed by atoms with Gasteiger partial charge in [-0.2, -0.15) is 0 Å². The van der Waals surface area contributed by atoms with Gasteiger partial charge in [-0.25, -0.2) is 0 Å². The molecule has 0 spiro atoms. The second-order valence-corrected chi connectivity index (χ2v) is 18.5. The average molecular weight is 958 g/mol. The minimum Gasteiger partial charge on any atom is -0.462 e. The number of carbonyl (C=O) groups is 3. The summed E-state index contributed by atoms with van der Waals surface area (Å²) in [6, 6.07) is 0. The normalized spacial score (nSPS) is 12.9. The van der Waals surface area contributed by atoms with Crippen LogP contribution in [0.25, 0.3) is 0 Å². The van der Waals surface area contributed by atoms with E-state index in [4.69, 9.17) is 14.2 Å². The van der Waals surface area contributed by atoms with E-state index in [1.165, 1.54) is 103 Å². The molecule has 1 atom stereocenters. The van der Waals surface area contributed by atoms with Crippen molar-refractivity contribution in [2.45, 2.75) is 258 Å². The Kier molecular flexibility index (Phi) is 53.4. The molecule has 6 heteroatoms. The quantitative estimate of drug-likeness (QED) is 0.0262. The van der Waals surface area contributed by atoms with Crippen molar-refractivity contribution in [3.63, 3.8) is 0 Å². The number of carbonyl (C=O) groups excluding carboxylic acids is 3. The van der Waals surface area contributed by atoms with Crippen LogP contribution in [0.15, 0.2) is 109 Å². The molecular weight excluding hydrogens is 853 g/mol. The van der Waals surface area contributed by atoms with Crippen LogP contribution in [0.4, 0.5) is 0 Å². The Morgan fingerprint density at radius 2 is 0.580 bits per heavy atom. The molecule has 0 unspecified atom stereocenters. The highest BCUT2D eigenvalue weighted by Crippen LogP contribution is 2.13. The zero-order valence-electron chi connectivity index (χ0n) is 44.8. The first-order chi connectivity index (χ1) is 34.0. The van der Waals surface area contributed by atoms with Crippen LogP contribution >= 0.6 is 0 Å². The SMILES string of the molecule is CC/C=C\C/C=C\C/C=C\C/C=C\CCCCCCC(=O)OC[C@H](COC(=O)CCCCCCCCC/C=C\CCCCCCCC)OC(=O)CCC/C=C\C/C=C\C/C=C\C/C=C\CCCCC. The third-order valence-corrected chi connectivity index (χ3v) is 11.7. The molecule has 0 saturated heterocycles. The van der Waals surface area contributed by atoms with Gasteiger partial charge in [-0.15, -0.1) is 0 Å². The summed E-state index contributed by atoms with van der Waals surface area (Å²) in [4.78, 5) is 38.1. The molecule has 0 N–H and O–H groups in total. The van der Waals surface area contributed by atoms with Gasteiger partial charge in [-0.05, 0) is 122 Å². The molecule has 0 aromatic heterocycles. The molecule has 0 aliphatic rings. The molecule has 0 aromatic carbocycles. The zero-order valence-corrected chi connectivity index (χ0v) is 44.8. The molecule has 0 fully saturated rings. The van der Waals surface area contributed by atoms with Gasteiger partial charge in [0.25, 0.3) is 0 Å². The molecule has 0 aromatic rings. The van der Waals surface area contributed by atoms with Crippen molar-refractivity contribution in [2.24, 2.45) is 0 Å². The van der Waals surface area contributed by atoms with Gasteiger partial charge in [-0.3, -0.25) is 14.4 Å². The lowest BCUT2D eigenvalue weighted by Gasteiger charge is -2.18. The Balaban J connectivity index is 4.53. The Hall–Kier alpha value is -3.93. The number of ether oxygens (including phenoxy) is 3. The van der Waals surface area contributed by atoms with Gasteiger partial charge in [0.15, 0.2) is 6.10 Å². The van der Waals surface area contributed by atoms with Gasteiger partial charge >= 0.3 is 17.9 Å². The fourth-order valence-electron chi connectivity index (χ4n) is 7.48. The zero-order chi connectivity index (χ0) is 50.0. The van der Waals surface area contributed by atoms with Gasteiger partial charge in [0, 0.05) is 19.3 Å². The molecule has 0 rings (SSSR count). The fraction of sp³-hybridized carbons (Fsp3) is 0.667. The number of rotatable bonds is 50. The van der Waals surface area contributed by atoms with Crippen molar-refractivity contribution in [3.8, 4) is 0 Å². The first kappa shape index (κ1) is 65.1. The largest absolute Gasteiger partial charge is 0.462 e. The Morgan fingerprint density at radius 3 is 0.971 bits per heavy atom. The third-order valence-electron chi connectivity index (χ3n) is 11.7. The van der Waals surface area contributed by atoms with Crippen molar-refractivity contribution < 1.29 is 28.6 Å². The summed E-state index contributed by atoms with van der Waals surface area (Å²) in [5.74, 6) is -0.997. The van der Waals surface area contributed by atoms with Crippen LogP contribution < -0.4 is 0 Å². The average Bonchev–Trinajstić information content (AvgIpc) is 3.35. The summed E-state index contributed by atoms with van der Waals surface area (Å²) >= 11 is 0. The minimum atomic E-state index is -0.821. The number of hydrogen-bond donors (Lipinski definition) is 0. The van der Waals surface area contributed by atoms with E-state index >= 15 is 0 Å². The van der Waals surface area contributed by atoms with E-state index in [-0.39, 0.29) is 37.5 Å². The van der Waals surface area contributed by atoms with Crippen molar-refractivity contribution in [1.29, 1.82) is 0 Å². The van der Waals surface area contributed by atoms with Crippen molar-refractivity contribution in [2.75, 3.05) is 13.2 Å². The van der Waals surface area contributed by atoms with Crippen LogP contribution in [0.5, 0.6) is 0 Å². The minimum absolute atomic E-state index is 0.111. The van der Waals surface area contributed by atoms with E-state index in [9.17, 15) is 14.4 Å². The van der Waals surface area contributed by atoms with Crippen LogP contribution in [0.1, 0.15) is 252 Å². The lowest BCUT2D eigenvalue weighted by molar-refractivity contribution is -0.167. The maximum absolute atomic E-state index is 12.8. The van der Waals surface area contributed by atoms with E-state index < -0.39 is 6.10 Å². The van der Waals surface area contributed by atoms with Gasteiger partial charge < -0.3 is 14.2 Å². The molecule has 0 heterocycles. The topological polar surface area (TPSA) is 78.9 Å². The van der Waals surface area contributed by atoms with Gasteiger partial charge in [0.05, 0.1) is 0 Å². The van der Waals surface area contributed by atoms with E-state index in [1.54, 1.807) is 0 Å². The standard InChI is InChI=1S/C63H104O6/c1-4-7-10-13-16-19-22-25-28-31-34-37-40-43-46-49-52-55-61(64)67-58-60(69-63(66)57-54-51-48-45-42-39-36-33-30-27-24-21-18-15-12-9-6-3)59-68-62(65)56-53-50-47-44-41-38-35-32-29-26-23-20-17-14-11-8-5-2/h7,10,16,18-19,21,25-30,34,36-37,39,45,48,60H,4-6,8-9,11-15,17,20,22-24,31-33,35,38,40-44,46-47,49-59H2,1-3H3/b10-7-,19-16-,21-18-,28-25-,29-26-,30-27-,37-34-,39-36-,48-45-/t60-/m1/s1. The second-order valence-electron chi connectivity index (χ2n) is 18.5. The lowest BCUT2D eigenvalue weighted by Crippen LogP contribution is -2.30. The maximum Gasteiger partial charge on any atom is 0.306 e. The summed E-state index contributed by atoms with van der Waals surface area (Å²) in [5, 5.41) is 0. The molecule has 392 valence electrons. The molecule has 0 aliphatic carbocycles. The first-order valence-corrected chi connectivity index (χ1v) is 28.4. The lowest BCUT2D eigenvalue weighted by atomic mass is 10.1. The van der Waals surface area contributed by atoms with Crippen LogP contribution in [0, 0.1) is 0 Å². The summed E-state index contributed by atoms with van der Waals surface area (Å²) in [7, 11) is 0. The van der Waals surface area contributed by atoms with Crippen molar-refractivity contribution >= 4 is 17.9 Å². The number of hydrogen-bond acceptors (Lipinski definition) is 6. The Bertz CT molecular complexity index is 1420. The maximum atomic E-state index is 12.8. The highest BCUT2D eigenvalue weighted by Gasteiger charge is 2.19. The Labute approximate surface area is 425 Å². The highest BCUT2D eigenvalue weighted by atomic mass is 16.6. The predicted octanol–water partition coefficient (Wildman–Crippen LogP) is 19.1. The van der Waals surface area contributed by atoms with Crippen molar-refractivity contribution in [3.05, 3.63) is 109 Å². The van der Waals surface area contributed by atoms with Crippen LogP contribution in [-0.2, 0) is 28.6 Å². The number of allylic oxidation sites excluding steroid dienone is 18. The molecule has 0 bridgehead atoms. The first-order valence-electron chi connectivity index (χ1n) is 28.4. The number of esters is 3. The monoisotopic (exact) mass is 957 g/mol. The predicted molar refractivity (Wildman–Crippen MR) is 297 cm³/mol. The fourth-order valence-corrected chi connectivity index (χ4v) is 7.48. The van der Waals surface area contributed by atoms with Gasteiger partial charge in [0.2, 0.25) is 0 Å². The third kappa shape index (κ3) is 54.9. The molecule has 0 saturated carbocycles. The van der Waals surface area contributed by atoms with E-state index in [2.05, 4.69) is 130 Å². The molecule has 6 nitrogen and oxygen atoms in total. The van der Waals surface area contributed by atoms with Crippen LogP contribution in [-0.4, -0.2) is 37.2 Å². The molecule has 0 amide bonds. The molecule has 69 heavy (non-hydrogen) atoms. The summed E-state index contributed by atoms with van der Waals surface area (Å²) in [6.07, 6.45) is 76.5. The van der Waals surface area contributed by atoms with Crippen LogP contribution in [0.2, 0.25) is 0 Å². The summed E-state index contributed by atoms with van der Waals surface area (Å²) in [6.45, 7) is 6.42. The highest BCUT2D eigenvalue weighted by molar-refractivity contribution is 5.71. The van der Waals surface area contributed by atoms with Gasteiger partial charge in [-0.1, -0.05) is 220 Å². The van der Waals surface area contributed by atoms with E-state index in [1.807, 2.05) is 0 Å².